The number of rotatable bonds is 8. The number of amides is 1. The van der Waals surface area contributed by atoms with Crippen molar-refractivity contribution >= 4 is 18.0 Å². The predicted octanol–water partition coefficient (Wildman–Crippen LogP) is 3.84. The second-order valence-electron chi connectivity index (χ2n) is 5.52. The van der Waals surface area contributed by atoms with Crippen LogP contribution in [0.1, 0.15) is 17.7 Å². The van der Waals surface area contributed by atoms with E-state index < -0.39 is 5.82 Å². The molecule has 0 saturated carbocycles. The Morgan fingerprint density at radius 2 is 2.12 bits per heavy atom. The minimum absolute atomic E-state index is 0.0729. The number of carbonyl (C=O) groups excluding carboxylic acids is 1. The van der Waals surface area contributed by atoms with Crippen LogP contribution in [0.15, 0.2) is 30.5 Å². The van der Waals surface area contributed by atoms with Crippen LogP contribution in [0, 0.1) is 12.7 Å². The number of hydrogen-bond acceptors (Lipinski definition) is 3. The molecule has 0 radical (unpaired) electrons. The molecule has 1 heterocycles. The predicted molar refractivity (Wildman–Crippen MR) is 92.3 cm³/mol. The van der Waals surface area contributed by atoms with Crippen molar-refractivity contribution in [1.29, 1.82) is 0 Å². The molecule has 4 nitrogen and oxygen atoms in total. The summed E-state index contributed by atoms with van der Waals surface area (Å²) in [4.78, 5) is 17.3. The summed E-state index contributed by atoms with van der Waals surface area (Å²) in [5.41, 5.74) is 3.41. The standard InChI is InChI=1S/C18H20ClFN2O2/c1-13-16(11-22(12-23)6-3-7-24-2)8-15(10-21-13)14-4-5-18(20)17(19)9-14/h4-5,8-10,12H,3,6-7,11H2,1-2H3. The van der Waals surface area contributed by atoms with Crippen molar-refractivity contribution in [3.8, 4) is 11.1 Å². The molecular weight excluding hydrogens is 331 g/mol. The van der Waals surface area contributed by atoms with Gasteiger partial charge in [-0.15, -0.1) is 0 Å². The van der Waals surface area contributed by atoms with E-state index in [2.05, 4.69) is 4.98 Å². The number of pyridine rings is 1. The summed E-state index contributed by atoms with van der Waals surface area (Å²) in [6, 6.07) is 6.52. The lowest BCUT2D eigenvalue weighted by Gasteiger charge is -2.18. The van der Waals surface area contributed by atoms with Crippen molar-refractivity contribution in [3.63, 3.8) is 0 Å². The number of methoxy groups -OCH3 is 1. The Labute approximate surface area is 146 Å². The monoisotopic (exact) mass is 350 g/mol. The molecule has 0 bridgehead atoms. The first-order valence-corrected chi connectivity index (χ1v) is 8.02. The number of nitrogens with zero attached hydrogens (tertiary/aromatic N) is 2. The minimum atomic E-state index is -0.453. The van der Waals surface area contributed by atoms with Gasteiger partial charge < -0.3 is 9.64 Å². The van der Waals surface area contributed by atoms with Crippen LogP contribution in [0.5, 0.6) is 0 Å². The van der Waals surface area contributed by atoms with Gasteiger partial charge in [-0.3, -0.25) is 9.78 Å². The van der Waals surface area contributed by atoms with Crippen molar-refractivity contribution in [1.82, 2.24) is 9.88 Å². The average molecular weight is 351 g/mol. The van der Waals surface area contributed by atoms with Crippen LogP contribution in [-0.4, -0.2) is 36.6 Å². The summed E-state index contributed by atoms with van der Waals surface area (Å²) in [5, 5.41) is 0.0729. The van der Waals surface area contributed by atoms with E-state index in [4.69, 9.17) is 16.3 Å². The number of aryl methyl sites for hydroxylation is 1. The molecule has 0 saturated heterocycles. The SMILES string of the molecule is COCCCN(C=O)Cc1cc(-c2ccc(F)c(Cl)c2)cnc1C. The van der Waals surface area contributed by atoms with Gasteiger partial charge in [0.1, 0.15) is 5.82 Å². The van der Waals surface area contributed by atoms with Crippen molar-refractivity contribution in [2.75, 3.05) is 20.3 Å². The first-order chi connectivity index (χ1) is 11.5. The van der Waals surface area contributed by atoms with Crippen LogP contribution in [0.4, 0.5) is 4.39 Å². The van der Waals surface area contributed by atoms with Crippen molar-refractivity contribution in [2.24, 2.45) is 0 Å². The highest BCUT2D eigenvalue weighted by molar-refractivity contribution is 6.31. The zero-order valence-electron chi connectivity index (χ0n) is 13.8. The maximum Gasteiger partial charge on any atom is 0.210 e. The number of halogens is 2. The number of carbonyl (C=O) groups is 1. The first-order valence-electron chi connectivity index (χ1n) is 7.64. The molecule has 1 aromatic carbocycles. The molecule has 6 heteroatoms. The van der Waals surface area contributed by atoms with Crippen LogP contribution in [-0.2, 0) is 16.1 Å². The van der Waals surface area contributed by atoms with E-state index in [0.717, 1.165) is 35.2 Å². The Hall–Kier alpha value is -1.98. The molecule has 0 spiro atoms. The van der Waals surface area contributed by atoms with Crippen molar-refractivity contribution in [3.05, 3.63) is 52.6 Å². The van der Waals surface area contributed by atoms with Crippen LogP contribution in [0.2, 0.25) is 5.02 Å². The van der Waals surface area contributed by atoms with Gasteiger partial charge in [-0.25, -0.2) is 4.39 Å². The van der Waals surface area contributed by atoms with Gasteiger partial charge in [-0.1, -0.05) is 17.7 Å². The molecular formula is C18H20ClFN2O2. The fourth-order valence-corrected chi connectivity index (χ4v) is 2.55. The van der Waals surface area contributed by atoms with Gasteiger partial charge in [0, 0.05) is 44.3 Å². The second-order valence-corrected chi connectivity index (χ2v) is 5.93. The van der Waals surface area contributed by atoms with E-state index in [0.29, 0.717) is 19.7 Å². The minimum Gasteiger partial charge on any atom is -0.385 e. The van der Waals surface area contributed by atoms with Crippen molar-refractivity contribution < 1.29 is 13.9 Å². The Balaban J connectivity index is 2.21. The molecule has 24 heavy (non-hydrogen) atoms. The lowest BCUT2D eigenvalue weighted by atomic mass is 10.0. The summed E-state index contributed by atoms with van der Waals surface area (Å²) < 4.78 is 18.3. The molecule has 1 aromatic heterocycles. The summed E-state index contributed by atoms with van der Waals surface area (Å²) in [5.74, 6) is -0.453. The Morgan fingerprint density at radius 1 is 1.33 bits per heavy atom. The maximum atomic E-state index is 13.3. The Bertz CT molecular complexity index is 709. The molecule has 1 amide bonds. The number of aromatic nitrogens is 1. The molecule has 0 atom stereocenters. The number of hydrogen-bond donors (Lipinski definition) is 0. The third kappa shape index (κ3) is 4.76. The lowest BCUT2D eigenvalue weighted by molar-refractivity contribution is -0.118. The van der Waals surface area contributed by atoms with E-state index in [-0.39, 0.29) is 5.02 Å². The second kappa shape index (κ2) is 8.76. The topological polar surface area (TPSA) is 42.4 Å². The van der Waals surface area contributed by atoms with Crippen LogP contribution in [0.25, 0.3) is 11.1 Å². The van der Waals surface area contributed by atoms with E-state index >= 15 is 0 Å². The summed E-state index contributed by atoms with van der Waals surface area (Å²) in [6.07, 6.45) is 3.32. The average Bonchev–Trinajstić information content (AvgIpc) is 2.58. The first kappa shape index (κ1) is 18.4. The highest BCUT2D eigenvalue weighted by atomic mass is 35.5. The smallest absolute Gasteiger partial charge is 0.210 e. The van der Waals surface area contributed by atoms with Crippen LogP contribution < -0.4 is 0 Å². The number of ether oxygens (including phenoxy) is 1. The molecule has 0 fully saturated rings. The van der Waals surface area contributed by atoms with Crippen LogP contribution in [0.3, 0.4) is 0 Å². The molecule has 0 N–H and O–H groups in total. The van der Waals surface area contributed by atoms with E-state index in [1.807, 2.05) is 13.0 Å². The largest absolute Gasteiger partial charge is 0.385 e. The highest BCUT2D eigenvalue weighted by Crippen LogP contribution is 2.26. The van der Waals surface area contributed by atoms with Gasteiger partial charge in [-0.05, 0) is 42.7 Å². The molecule has 2 rings (SSSR count). The van der Waals surface area contributed by atoms with Gasteiger partial charge in [0.25, 0.3) is 0 Å². The van der Waals surface area contributed by atoms with E-state index in [9.17, 15) is 9.18 Å². The molecule has 0 aliphatic rings. The molecule has 0 aliphatic heterocycles. The zero-order chi connectivity index (χ0) is 17.5. The molecule has 0 aliphatic carbocycles. The van der Waals surface area contributed by atoms with Gasteiger partial charge >= 0.3 is 0 Å². The summed E-state index contributed by atoms with van der Waals surface area (Å²) in [6.45, 7) is 3.59. The Kier molecular flexibility index (Phi) is 6.70. The van der Waals surface area contributed by atoms with Crippen molar-refractivity contribution in [2.45, 2.75) is 19.9 Å². The number of benzene rings is 1. The quantitative estimate of drug-likeness (QED) is 0.536. The highest BCUT2D eigenvalue weighted by Gasteiger charge is 2.10. The molecule has 128 valence electrons. The van der Waals surface area contributed by atoms with E-state index in [1.54, 1.807) is 30.3 Å². The molecule has 0 unspecified atom stereocenters. The van der Waals surface area contributed by atoms with Gasteiger partial charge in [0.2, 0.25) is 6.41 Å². The lowest BCUT2D eigenvalue weighted by Crippen LogP contribution is -2.24. The van der Waals surface area contributed by atoms with E-state index in [1.165, 1.54) is 6.07 Å². The van der Waals surface area contributed by atoms with Crippen LogP contribution >= 0.6 is 11.6 Å². The third-order valence-electron chi connectivity index (χ3n) is 3.76. The summed E-state index contributed by atoms with van der Waals surface area (Å²) in [7, 11) is 1.64. The summed E-state index contributed by atoms with van der Waals surface area (Å²) >= 11 is 5.85. The zero-order valence-corrected chi connectivity index (χ0v) is 14.5. The normalized spacial score (nSPS) is 10.7. The third-order valence-corrected chi connectivity index (χ3v) is 4.05. The van der Waals surface area contributed by atoms with Gasteiger partial charge in [0.05, 0.1) is 5.02 Å². The van der Waals surface area contributed by atoms with Gasteiger partial charge in [-0.2, -0.15) is 0 Å². The maximum absolute atomic E-state index is 13.3. The fraction of sp³-hybridized carbons (Fsp3) is 0.333. The van der Waals surface area contributed by atoms with Gasteiger partial charge in [0.15, 0.2) is 0 Å². The fourth-order valence-electron chi connectivity index (χ4n) is 2.37. The molecule has 2 aromatic rings. The Morgan fingerprint density at radius 3 is 2.79 bits per heavy atom.